The minimum atomic E-state index is -0.243. The first-order valence-corrected chi connectivity index (χ1v) is 9.36. The van der Waals surface area contributed by atoms with Crippen LogP contribution in [-0.2, 0) is 13.8 Å². The van der Waals surface area contributed by atoms with Crippen LogP contribution in [0.3, 0.4) is 0 Å². The number of aryl methyl sites for hydroxylation is 4. The topological polar surface area (TPSA) is 74.0 Å². The van der Waals surface area contributed by atoms with Gasteiger partial charge in [-0.2, -0.15) is 10.2 Å². The molecule has 0 aliphatic heterocycles. The molecule has 0 radical (unpaired) electrons. The molecule has 2 aromatic heterocycles. The van der Waals surface area contributed by atoms with E-state index in [0.717, 1.165) is 27.4 Å². The van der Waals surface area contributed by atoms with Crippen molar-refractivity contribution >= 4 is 17.5 Å². The van der Waals surface area contributed by atoms with Gasteiger partial charge in [-0.3, -0.25) is 9.48 Å². The minimum absolute atomic E-state index is 0.164. The monoisotopic (exact) mass is 401 g/mol. The van der Waals surface area contributed by atoms with Crippen LogP contribution in [-0.4, -0.2) is 25.5 Å². The normalized spacial score (nSPS) is 12.1. The number of hydrogen-bond donors (Lipinski definition) is 1. The summed E-state index contributed by atoms with van der Waals surface area (Å²) in [6.45, 7) is 7.91. The van der Waals surface area contributed by atoms with Crippen molar-refractivity contribution in [2.24, 2.45) is 7.05 Å². The number of carbonyl (C=O) groups is 1. The zero-order valence-electron chi connectivity index (χ0n) is 16.7. The van der Waals surface area contributed by atoms with E-state index in [0.29, 0.717) is 11.4 Å². The van der Waals surface area contributed by atoms with Gasteiger partial charge in [0.1, 0.15) is 11.4 Å². The lowest BCUT2D eigenvalue weighted by molar-refractivity contribution is 0.0932. The Labute approximate surface area is 169 Å². The molecule has 0 aliphatic rings. The van der Waals surface area contributed by atoms with E-state index in [2.05, 4.69) is 15.5 Å². The molecule has 1 unspecified atom stereocenters. The molecule has 3 rings (SSSR count). The average molecular weight is 402 g/mol. The fourth-order valence-corrected chi connectivity index (χ4v) is 3.19. The van der Waals surface area contributed by atoms with Gasteiger partial charge in [0.25, 0.3) is 5.91 Å². The first-order chi connectivity index (χ1) is 13.2. The van der Waals surface area contributed by atoms with Gasteiger partial charge in [0, 0.05) is 30.0 Å². The Morgan fingerprint density at radius 3 is 2.54 bits per heavy atom. The molecule has 0 saturated heterocycles. The third-order valence-electron chi connectivity index (χ3n) is 4.51. The molecule has 148 valence electrons. The standard InChI is InChI=1S/C20H24ClN5O2/c1-12-8-16(9-13(2)19(12)21)28-11-26-7-6-18(24-26)20(27)22-14(3)17-10-25(5)23-15(17)4/h6-10,14H,11H2,1-5H3,(H,22,27). The maximum Gasteiger partial charge on any atom is 0.272 e. The Balaban J connectivity index is 1.62. The number of rotatable bonds is 6. The molecule has 1 atom stereocenters. The van der Waals surface area contributed by atoms with Gasteiger partial charge in [0.15, 0.2) is 6.73 Å². The zero-order chi connectivity index (χ0) is 20.4. The maximum absolute atomic E-state index is 12.5. The maximum atomic E-state index is 12.5. The molecule has 0 fully saturated rings. The summed E-state index contributed by atoms with van der Waals surface area (Å²) in [6.07, 6.45) is 3.62. The Bertz CT molecular complexity index is 985. The SMILES string of the molecule is Cc1cc(OCn2ccc(C(=O)NC(C)c3cn(C)nc3C)n2)cc(C)c1Cl. The molecule has 1 aromatic carbocycles. The molecule has 0 spiro atoms. The van der Waals surface area contributed by atoms with Gasteiger partial charge in [-0.05, 0) is 57.0 Å². The fraction of sp³-hybridized carbons (Fsp3) is 0.350. The van der Waals surface area contributed by atoms with Gasteiger partial charge in [-0.15, -0.1) is 0 Å². The van der Waals surface area contributed by atoms with Gasteiger partial charge >= 0.3 is 0 Å². The Morgan fingerprint density at radius 2 is 1.93 bits per heavy atom. The summed E-state index contributed by atoms with van der Waals surface area (Å²) in [6, 6.07) is 5.26. The van der Waals surface area contributed by atoms with E-state index in [1.807, 2.05) is 53.1 Å². The zero-order valence-corrected chi connectivity index (χ0v) is 17.4. The molecule has 7 nitrogen and oxygen atoms in total. The number of hydrogen-bond acceptors (Lipinski definition) is 4. The van der Waals surface area contributed by atoms with E-state index in [-0.39, 0.29) is 18.7 Å². The van der Waals surface area contributed by atoms with Crippen LogP contribution in [0.25, 0.3) is 0 Å². The first kappa shape index (κ1) is 19.9. The summed E-state index contributed by atoms with van der Waals surface area (Å²) < 4.78 is 9.08. The van der Waals surface area contributed by atoms with E-state index in [4.69, 9.17) is 16.3 Å². The average Bonchev–Trinajstić information content (AvgIpc) is 3.23. The number of carbonyl (C=O) groups excluding carboxylic acids is 1. The van der Waals surface area contributed by atoms with Crippen LogP contribution in [0.1, 0.15) is 45.8 Å². The van der Waals surface area contributed by atoms with Crippen LogP contribution >= 0.6 is 11.6 Å². The van der Waals surface area contributed by atoms with E-state index < -0.39 is 0 Å². The van der Waals surface area contributed by atoms with E-state index >= 15 is 0 Å². The second-order valence-electron chi connectivity index (χ2n) is 6.92. The highest BCUT2D eigenvalue weighted by Crippen LogP contribution is 2.26. The Morgan fingerprint density at radius 1 is 1.25 bits per heavy atom. The summed E-state index contributed by atoms with van der Waals surface area (Å²) in [5, 5.41) is 12.3. The van der Waals surface area contributed by atoms with Gasteiger partial charge < -0.3 is 10.1 Å². The first-order valence-electron chi connectivity index (χ1n) is 8.98. The van der Waals surface area contributed by atoms with Crippen molar-refractivity contribution in [2.75, 3.05) is 0 Å². The molecule has 3 aromatic rings. The van der Waals surface area contributed by atoms with Crippen molar-refractivity contribution in [2.45, 2.75) is 40.5 Å². The van der Waals surface area contributed by atoms with Crippen molar-refractivity contribution in [3.63, 3.8) is 0 Å². The summed E-state index contributed by atoms with van der Waals surface area (Å²) in [7, 11) is 1.86. The lowest BCUT2D eigenvalue weighted by Crippen LogP contribution is -2.27. The number of nitrogens with zero attached hydrogens (tertiary/aromatic N) is 4. The molecule has 0 bridgehead atoms. The van der Waals surface area contributed by atoms with Crippen LogP contribution in [0.5, 0.6) is 5.75 Å². The third kappa shape index (κ3) is 4.36. The Kier molecular flexibility index (Phi) is 5.74. The van der Waals surface area contributed by atoms with Gasteiger partial charge in [-0.25, -0.2) is 4.68 Å². The molecule has 2 heterocycles. The predicted molar refractivity (Wildman–Crippen MR) is 108 cm³/mol. The predicted octanol–water partition coefficient (Wildman–Crippen LogP) is 3.72. The summed E-state index contributed by atoms with van der Waals surface area (Å²) >= 11 is 6.18. The molecule has 28 heavy (non-hydrogen) atoms. The van der Waals surface area contributed by atoms with E-state index in [9.17, 15) is 4.79 Å². The number of halogens is 1. The van der Waals surface area contributed by atoms with Crippen molar-refractivity contribution in [3.05, 3.63) is 63.7 Å². The van der Waals surface area contributed by atoms with Gasteiger partial charge in [-0.1, -0.05) is 11.6 Å². The smallest absolute Gasteiger partial charge is 0.272 e. The quantitative estimate of drug-likeness (QED) is 0.683. The van der Waals surface area contributed by atoms with Crippen molar-refractivity contribution in [3.8, 4) is 5.75 Å². The van der Waals surface area contributed by atoms with Crippen molar-refractivity contribution in [1.82, 2.24) is 24.9 Å². The van der Waals surface area contributed by atoms with Crippen molar-refractivity contribution < 1.29 is 9.53 Å². The second-order valence-corrected chi connectivity index (χ2v) is 7.30. The minimum Gasteiger partial charge on any atom is -0.471 e. The largest absolute Gasteiger partial charge is 0.471 e. The summed E-state index contributed by atoms with van der Waals surface area (Å²) in [5.74, 6) is 0.467. The molecular formula is C20H24ClN5O2. The lowest BCUT2D eigenvalue weighted by atomic mass is 10.1. The van der Waals surface area contributed by atoms with Crippen LogP contribution in [0.15, 0.2) is 30.6 Å². The second kappa shape index (κ2) is 8.06. The van der Waals surface area contributed by atoms with Crippen LogP contribution in [0.2, 0.25) is 5.02 Å². The highest BCUT2D eigenvalue weighted by atomic mass is 35.5. The van der Waals surface area contributed by atoms with E-state index in [1.54, 1.807) is 21.6 Å². The molecule has 0 saturated carbocycles. The molecule has 1 N–H and O–H groups in total. The van der Waals surface area contributed by atoms with Crippen LogP contribution in [0, 0.1) is 20.8 Å². The Hall–Kier alpha value is -2.80. The molecule has 1 amide bonds. The molecule has 0 aliphatic carbocycles. The van der Waals surface area contributed by atoms with Crippen LogP contribution in [0.4, 0.5) is 0 Å². The molecular weight excluding hydrogens is 378 g/mol. The highest BCUT2D eigenvalue weighted by molar-refractivity contribution is 6.32. The number of amides is 1. The number of benzene rings is 1. The number of aromatic nitrogens is 4. The van der Waals surface area contributed by atoms with Gasteiger partial charge in [0.2, 0.25) is 0 Å². The number of ether oxygens (including phenoxy) is 1. The summed E-state index contributed by atoms with van der Waals surface area (Å²) in [5.41, 5.74) is 4.11. The summed E-state index contributed by atoms with van der Waals surface area (Å²) in [4.78, 5) is 12.5. The molecule has 8 heteroatoms. The van der Waals surface area contributed by atoms with Crippen LogP contribution < -0.4 is 10.1 Å². The van der Waals surface area contributed by atoms with Gasteiger partial charge in [0.05, 0.1) is 11.7 Å². The third-order valence-corrected chi connectivity index (χ3v) is 5.11. The lowest BCUT2D eigenvalue weighted by Gasteiger charge is -2.12. The van der Waals surface area contributed by atoms with Crippen molar-refractivity contribution in [1.29, 1.82) is 0 Å². The fourth-order valence-electron chi connectivity index (χ4n) is 3.08. The number of nitrogens with one attached hydrogen (secondary N) is 1. The highest BCUT2D eigenvalue weighted by Gasteiger charge is 2.17. The van der Waals surface area contributed by atoms with E-state index in [1.165, 1.54) is 0 Å².